The number of halogens is 1. The first-order chi connectivity index (χ1) is 9.52. The summed E-state index contributed by atoms with van der Waals surface area (Å²) < 4.78 is 0. The molecule has 6 nitrogen and oxygen atoms in total. The molecule has 2 heterocycles. The summed E-state index contributed by atoms with van der Waals surface area (Å²) in [4.78, 5) is 38.0. The topological polar surface area (TPSA) is 77.9 Å². The van der Waals surface area contributed by atoms with Crippen LogP contribution in [0.1, 0.15) is 12.8 Å². The first kappa shape index (κ1) is 12.9. The number of carbonyl (C=O) groups is 3. The second-order valence-electron chi connectivity index (χ2n) is 4.76. The second-order valence-corrected chi connectivity index (χ2v) is 5.17. The van der Waals surface area contributed by atoms with Crippen LogP contribution >= 0.6 is 11.6 Å². The van der Waals surface area contributed by atoms with Crippen molar-refractivity contribution in [3.63, 3.8) is 0 Å². The highest BCUT2D eigenvalue weighted by atomic mass is 35.5. The molecule has 0 aliphatic carbocycles. The normalized spacial score (nSPS) is 25.2. The van der Waals surface area contributed by atoms with E-state index in [0.717, 1.165) is 9.80 Å². The Morgan fingerprint density at radius 3 is 2.60 bits per heavy atom. The van der Waals surface area contributed by atoms with Crippen molar-refractivity contribution in [3.05, 3.63) is 29.3 Å². The van der Waals surface area contributed by atoms with E-state index in [2.05, 4.69) is 0 Å². The Morgan fingerprint density at radius 2 is 1.95 bits per heavy atom. The Labute approximate surface area is 119 Å². The Balaban J connectivity index is 2.01. The average Bonchev–Trinajstić information content (AvgIpc) is 2.93. The summed E-state index contributed by atoms with van der Waals surface area (Å²) >= 11 is 6.01. The molecule has 3 rings (SSSR count). The summed E-state index contributed by atoms with van der Waals surface area (Å²) in [5.41, 5.74) is 0.294. The maximum atomic E-state index is 12.4. The van der Waals surface area contributed by atoms with Gasteiger partial charge < -0.3 is 5.11 Å². The second kappa shape index (κ2) is 4.49. The predicted molar refractivity (Wildman–Crippen MR) is 70.6 cm³/mol. The zero-order chi connectivity index (χ0) is 14.4. The number of amides is 3. The van der Waals surface area contributed by atoms with Crippen LogP contribution in [0, 0.1) is 0 Å². The summed E-state index contributed by atoms with van der Waals surface area (Å²) in [6.45, 7) is 0. The zero-order valence-electron chi connectivity index (χ0n) is 10.3. The van der Waals surface area contributed by atoms with Crippen molar-refractivity contribution in [2.45, 2.75) is 24.9 Å². The number of fused-ring (bicyclic) bond motifs is 1. The lowest BCUT2D eigenvalue weighted by atomic mass is 10.1. The lowest BCUT2D eigenvalue weighted by Crippen LogP contribution is -2.42. The van der Waals surface area contributed by atoms with Crippen molar-refractivity contribution in [1.82, 2.24) is 4.90 Å². The van der Waals surface area contributed by atoms with Crippen LogP contribution < -0.4 is 4.90 Å². The molecule has 20 heavy (non-hydrogen) atoms. The Kier molecular flexibility index (Phi) is 2.90. The number of benzene rings is 1. The minimum Gasteiger partial charge on any atom is -0.480 e. The van der Waals surface area contributed by atoms with Gasteiger partial charge in [0.15, 0.2) is 0 Å². The number of imide groups is 1. The molecule has 0 bridgehead atoms. The third kappa shape index (κ3) is 1.68. The molecule has 7 heteroatoms. The van der Waals surface area contributed by atoms with E-state index >= 15 is 0 Å². The van der Waals surface area contributed by atoms with Crippen molar-refractivity contribution < 1.29 is 19.5 Å². The Bertz CT molecular complexity index is 618. The van der Waals surface area contributed by atoms with Crippen molar-refractivity contribution in [2.75, 3.05) is 4.90 Å². The highest BCUT2D eigenvalue weighted by Gasteiger charge is 2.54. The number of rotatable bonds is 2. The Morgan fingerprint density at radius 1 is 1.25 bits per heavy atom. The van der Waals surface area contributed by atoms with Gasteiger partial charge in [-0.1, -0.05) is 23.7 Å². The van der Waals surface area contributed by atoms with Crippen LogP contribution in [0.25, 0.3) is 0 Å². The van der Waals surface area contributed by atoms with Gasteiger partial charge in [0, 0.05) is 0 Å². The van der Waals surface area contributed by atoms with Gasteiger partial charge >= 0.3 is 12.0 Å². The first-order valence-electron chi connectivity index (χ1n) is 6.16. The van der Waals surface area contributed by atoms with E-state index in [-0.39, 0.29) is 5.02 Å². The van der Waals surface area contributed by atoms with Gasteiger partial charge in [0.25, 0.3) is 5.91 Å². The van der Waals surface area contributed by atoms with Crippen molar-refractivity contribution in [3.8, 4) is 0 Å². The van der Waals surface area contributed by atoms with Crippen LogP contribution in [0.4, 0.5) is 10.5 Å². The molecular formula is C13H11ClN2O4. The van der Waals surface area contributed by atoms with Crippen LogP contribution in [0.15, 0.2) is 24.3 Å². The van der Waals surface area contributed by atoms with Gasteiger partial charge in [0.05, 0.1) is 10.7 Å². The minimum atomic E-state index is -1.09. The molecule has 2 fully saturated rings. The third-order valence-corrected chi connectivity index (χ3v) is 4.00. The molecule has 3 amide bonds. The molecule has 2 saturated heterocycles. The van der Waals surface area contributed by atoms with E-state index in [1.54, 1.807) is 24.3 Å². The number of hydrogen-bond donors (Lipinski definition) is 1. The molecule has 1 aromatic rings. The first-order valence-corrected chi connectivity index (χ1v) is 6.53. The zero-order valence-corrected chi connectivity index (χ0v) is 11.1. The Hall–Kier alpha value is -2.08. The molecular weight excluding hydrogens is 284 g/mol. The number of para-hydroxylation sites is 1. The van der Waals surface area contributed by atoms with E-state index in [4.69, 9.17) is 16.7 Å². The standard InChI is InChI=1S/C13H11ClN2O4/c14-7-3-1-2-4-8(7)16-11(17)9-5-6-10(12(18)19)15(9)13(16)20/h1-4,9-10H,5-6H2,(H,18,19). The number of carbonyl (C=O) groups excluding carboxylic acids is 2. The molecule has 2 unspecified atom stereocenters. The number of carboxylic acids is 1. The fraction of sp³-hybridized carbons (Fsp3) is 0.308. The SMILES string of the molecule is O=C(O)C1CCC2C(=O)N(c3ccccc3Cl)C(=O)N12. The van der Waals surface area contributed by atoms with Gasteiger partial charge in [-0.05, 0) is 25.0 Å². The van der Waals surface area contributed by atoms with Gasteiger partial charge in [-0.25, -0.2) is 14.5 Å². The average molecular weight is 295 g/mol. The fourth-order valence-corrected chi connectivity index (χ4v) is 3.00. The van der Waals surface area contributed by atoms with E-state index in [0.29, 0.717) is 18.5 Å². The van der Waals surface area contributed by atoms with E-state index in [1.165, 1.54) is 0 Å². The summed E-state index contributed by atoms with van der Waals surface area (Å²) in [6.07, 6.45) is 0.663. The van der Waals surface area contributed by atoms with Crippen LogP contribution in [0.5, 0.6) is 0 Å². The van der Waals surface area contributed by atoms with Gasteiger partial charge in [-0.15, -0.1) is 0 Å². The molecule has 0 aromatic heterocycles. The van der Waals surface area contributed by atoms with E-state index in [9.17, 15) is 14.4 Å². The van der Waals surface area contributed by atoms with Crippen molar-refractivity contribution in [2.24, 2.45) is 0 Å². The number of nitrogens with zero attached hydrogens (tertiary/aromatic N) is 2. The summed E-state index contributed by atoms with van der Waals surface area (Å²) in [5.74, 6) is -1.50. The third-order valence-electron chi connectivity index (χ3n) is 3.68. The molecule has 1 N–H and O–H groups in total. The van der Waals surface area contributed by atoms with Crippen LogP contribution in [0.2, 0.25) is 5.02 Å². The number of carboxylic acid groups (broad SMARTS) is 1. The lowest BCUT2D eigenvalue weighted by Gasteiger charge is -2.20. The molecule has 0 spiro atoms. The van der Waals surface area contributed by atoms with Gasteiger partial charge in [0.1, 0.15) is 12.1 Å². The highest BCUT2D eigenvalue weighted by Crippen LogP contribution is 2.37. The lowest BCUT2D eigenvalue weighted by molar-refractivity contribution is -0.141. The van der Waals surface area contributed by atoms with Gasteiger partial charge in [-0.3, -0.25) is 9.69 Å². The summed E-state index contributed by atoms with van der Waals surface area (Å²) in [7, 11) is 0. The molecule has 2 atom stereocenters. The van der Waals surface area contributed by atoms with Gasteiger partial charge in [-0.2, -0.15) is 0 Å². The van der Waals surface area contributed by atoms with Crippen molar-refractivity contribution in [1.29, 1.82) is 0 Å². The molecule has 1 aromatic carbocycles. The molecule has 2 aliphatic rings. The number of anilines is 1. The maximum Gasteiger partial charge on any atom is 0.332 e. The number of hydrogen-bond acceptors (Lipinski definition) is 3. The van der Waals surface area contributed by atoms with Crippen LogP contribution in [-0.2, 0) is 9.59 Å². The number of aliphatic carboxylic acids is 1. The van der Waals surface area contributed by atoms with E-state index in [1.807, 2.05) is 0 Å². The molecule has 2 aliphatic heterocycles. The van der Waals surface area contributed by atoms with Crippen LogP contribution in [-0.4, -0.2) is 40.0 Å². The van der Waals surface area contributed by atoms with E-state index < -0.39 is 30.0 Å². The predicted octanol–water partition coefficient (Wildman–Crippen LogP) is 1.72. The molecule has 0 saturated carbocycles. The van der Waals surface area contributed by atoms with Gasteiger partial charge in [0.2, 0.25) is 0 Å². The summed E-state index contributed by atoms with van der Waals surface area (Å²) in [5, 5.41) is 9.41. The summed E-state index contributed by atoms with van der Waals surface area (Å²) in [6, 6.07) is 4.26. The largest absolute Gasteiger partial charge is 0.480 e. The van der Waals surface area contributed by atoms with Crippen molar-refractivity contribution >= 4 is 35.2 Å². The minimum absolute atomic E-state index is 0.280. The monoisotopic (exact) mass is 294 g/mol. The van der Waals surface area contributed by atoms with Crippen LogP contribution in [0.3, 0.4) is 0 Å². The quantitative estimate of drug-likeness (QED) is 0.843. The highest BCUT2D eigenvalue weighted by molar-refractivity contribution is 6.36. The smallest absolute Gasteiger partial charge is 0.332 e. The maximum absolute atomic E-state index is 12.4. The molecule has 104 valence electrons. The molecule has 0 radical (unpaired) electrons. The fourth-order valence-electron chi connectivity index (χ4n) is 2.78. The number of urea groups is 1.